The van der Waals surface area contributed by atoms with Gasteiger partial charge in [-0.05, 0) is 43.9 Å². The molecule has 2 aliphatic carbocycles. The zero-order chi connectivity index (χ0) is 10.9. The van der Waals surface area contributed by atoms with Crippen LogP contribution in [0.1, 0.15) is 45.4 Å². The fourth-order valence-corrected chi connectivity index (χ4v) is 6.28. The van der Waals surface area contributed by atoms with Crippen molar-refractivity contribution in [1.82, 2.24) is 0 Å². The average molecular weight is 226 g/mol. The molecule has 2 saturated carbocycles. The van der Waals surface area contributed by atoms with Crippen LogP contribution >= 0.6 is 0 Å². The lowest BCUT2D eigenvalue weighted by molar-refractivity contribution is -0.0259. The Hall–Kier alpha value is 0.177. The third-order valence-electron chi connectivity index (χ3n) is 4.69. The van der Waals surface area contributed by atoms with Crippen LogP contribution in [0.25, 0.3) is 0 Å². The molecule has 0 spiro atoms. The molecule has 0 aromatic carbocycles. The van der Waals surface area contributed by atoms with Crippen molar-refractivity contribution in [1.29, 1.82) is 0 Å². The van der Waals surface area contributed by atoms with Crippen LogP contribution in [-0.4, -0.2) is 20.6 Å². The molecule has 2 fully saturated rings. The Morgan fingerprint density at radius 1 is 1.33 bits per heavy atom. The number of fused-ring (bicyclic) bond motifs is 2. The van der Waals surface area contributed by atoms with Gasteiger partial charge in [0.05, 0.1) is 14.0 Å². The highest BCUT2D eigenvalue weighted by molar-refractivity contribution is 6.59. The summed E-state index contributed by atoms with van der Waals surface area (Å²) in [6, 6.07) is 0. The number of hydrogen-bond acceptors (Lipinski definition) is 1. The minimum atomic E-state index is -0.669. The van der Waals surface area contributed by atoms with Crippen LogP contribution in [0.15, 0.2) is 0 Å². The molecule has 0 saturated heterocycles. The molecule has 0 aromatic heterocycles. The summed E-state index contributed by atoms with van der Waals surface area (Å²) in [7, 11) is -0.669. The van der Waals surface area contributed by atoms with Gasteiger partial charge >= 0.3 is 0 Å². The molecule has 1 nitrogen and oxygen atoms in total. The molecule has 3 atom stereocenters. The Kier molecular flexibility index (Phi) is 3.56. The lowest BCUT2D eigenvalue weighted by Crippen LogP contribution is -2.49. The average Bonchev–Trinajstić information content (AvgIpc) is 2.78. The molecule has 15 heavy (non-hydrogen) atoms. The van der Waals surface area contributed by atoms with Crippen LogP contribution in [0.2, 0.25) is 13.1 Å². The van der Waals surface area contributed by atoms with Crippen LogP contribution in [0.4, 0.5) is 0 Å². The number of ether oxygens (including phenoxy) is 1. The van der Waals surface area contributed by atoms with Crippen LogP contribution < -0.4 is 0 Å². The van der Waals surface area contributed by atoms with Crippen LogP contribution in [0.3, 0.4) is 0 Å². The Balaban J connectivity index is 1.99. The molecule has 2 aliphatic rings. The van der Waals surface area contributed by atoms with Crippen molar-refractivity contribution < 1.29 is 4.74 Å². The van der Waals surface area contributed by atoms with Crippen molar-refractivity contribution in [3.05, 3.63) is 0 Å². The minimum absolute atomic E-state index is 0.401. The van der Waals surface area contributed by atoms with E-state index in [1.807, 2.05) is 0 Å². The van der Waals surface area contributed by atoms with Gasteiger partial charge in [0.25, 0.3) is 0 Å². The summed E-state index contributed by atoms with van der Waals surface area (Å²) in [6.45, 7) is 8.26. The lowest BCUT2D eigenvalue weighted by Gasteiger charge is -2.41. The van der Waals surface area contributed by atoms with Crippen LogP contribution in [0, 0.1) is 11.8 Å². The Morgan fingerprint density at radius 2 is 2.13 bits per heavy atom. The highest BCUT2D eigenvalue weighted by atomic mass is 28.3. The molecule has 2 bridgehead atoms. The summed E-state index contributed by atoms with van der Waals surface area (Å²) in [5.41, 5.74) is 0. The molecule has 88 valence electrons. The maximum absolute atomic E-state index is 6.39. The van der Waals surface area contributed by atoms with Crippen molar-refractivity contribution in [2.24, 2.45) is 11.8 Å². The predicted molar refractivity (Wildman–Crippen MR) is 67.9 cm³/mol. The van der Waals surface area contributed by atoms with Gasteiger partial charge in [0, 0.05) is 6.61 Å². The fraction of sp³-hybridized carbons (Fsp3) is 1.00. The number of hydrogen-bond donors (Lipinski definition) is 0. The highest BCUT2D eigenvalue weighted by Gasteiger charge is 2.53. The van der Waals surface area contributed by atoms with E-state index in [9.17, 15) is 0 Å². The van der Waals surface area contributed by atoms with Gasteiger partial charge in [0.15, 0.2) is 0 Å². The van der Waals surface area contributed by atoms with E-state index in [1.165, 1.54) is 38.5 Å². The van der Waals surface area contributed by atoms with Gasteiger partial charge in [-0.15, -0.1) is 0 Å². The molecular weight excluding hydrogens is 200 g/mol. The molecule has 0 N–H and O–H groups in total. The molecular formula is C13H26OSi. The molecule has 0 aromatic rings. The van der Waals surface area contributed by atoms with Gasteiger partial charge in [-0.25, -0.2) is 0 Å². The van der Waals surface area contributed by atoms with Gasteiger partial charge < -0.3 is 4.74 Å². The second-order valence-corrected chi connectivity index (χ2v) is 9.18. The molecule has 0 amide bonds. The van der Waals surface area contributed by atoms with Gasteiger partial charge in [0.1, 0.15) is 0 Å². The fourth-order valence-electron chi connectivity index (χ4n) is 3.78. The smallest absolute Gasteiger partial charge is 0.0699 e. The standard InChI is InChI=1S/C13H26OSi/c1-4-5-8-14-13(15(2)3)10-11-6-7-12(13)9-11/h11-12,15H,4-10H2,1-3H3. The zero-order valence-electron chi connectivity index (χ0n) is 10.6. The largest absolute Gasteiger partial charge is 0.379 e. The van der Waals surface area contributed by atoms with E-state index in [2.05, 4.69) is 20.0 Å². The second kappa shape index (κ2) is 4.58. The summed E-state index contributed by atoms with van der Waals surface area (Å²) in [5, 5.41) is 0.401. The first kappa shape index (κ1) is 11.7. The highest BCUT2D eigenvalue weighted by Crippen LogP contribution is 2.53. The summed E-state index contributed by atoms with van der Waals surface area (Å²) in [5.74, 6) is 1.96. The molecule has 2 heteroatoms. The quantitative estimate of drug-likeness (QED) is 0.516. The van der Waals surface area contributed by atoms with Crippen molar-refractivity contribution >= 4 is 8.80 Å². The SMILES string of the molecule is CCCCOC1([SiH](C)C)CC2CCC1C2. The lowest BCUT2D eigenvalue weighted by atomic mass is 9.96. The van der Waals surface area contributed by atoms with Gasteiger partial charge in [0.2, 0.25) is 0 Å². The van der Waals surface area contributed by atoms with E-state index in [1.54, 1.807) is 0 Å². The number of rotatable bonds is 5. The summed E-state index contributed by atoms with van der Waals surface area (Å²) in [6.07, 6.45) is 8.36. The van der Waals surface area contributed by atoms with Crippen molar-refractivity contribution in [2.75, 3.05) is 6.61 Å². The zero-order valence-corrected chi connectivity index (χ0v) is 11.7. The van der Waals surface area contributed by atoms with E-state index in [-0.39, 0.29) is 0 Å². The maximum atomic E-state index is 6.39. The third-order valence-corrected chi connectivity index (χ3v) is 7.51. The monoisotopic (exact) mass is 226 g/mol. The van der Waals surface area contributed by atoms with E-state index in [0.717, 1.165) is 18.4 Å². The van der Waals surface area contributed by atoms with Crippen LogP contribution in [0.5, 0.6) is 0 Å². The molecule has 0 aliphatic heterocycles. The normalized spacial score (nSPS) is 39.2. The van der Waals surface area contributed by atoms with E-state index >= 15 is 0 Å². The molecule has 0 radical (unpaired) electrons. The summed E-state index contributed by atoms with van der Waals surface area (Å²) in [4.78, 5) is 0. The Labute approximate surface area is 96.2 Å². The predicted octanol–water partition coefficient (Wildman–Crippen LogP) is 3.39. The van der Waals surface area contributed by atoms with E-state index in [0.29, 0.717) is 5.22 Å². The van der Waals surface area contributed by atoms with Gasteiger partial charge in [-0.3, -0.25) is 0 Å². The molecule has 2 rings (SSSR count). The van der Waals surface area contributed by atoms with Crippen molar-refractivity contribution in [2.45, 2.75) is 63.8 Å². The Bertz CT molecular complexity index is 217. The first-order chi connectivity index (χ1) is 7.19. The maximum Gasteiger partial charge on any atom is 0.0699 e. The van der Waals surface area contributed by atoms with Crippen molar-refractivity contribution in [3.63, 3.8) is 0 Å². The Morgan fingerprint density at radius 3 is 2.60 bits per heavy atom. The topological polar surface area (TPSA) is 9.23 Å². The summed E-state index contributed by atoms with van der Waals surface area (Å²) < 4.78 is 6.39. The molecule has 0 heterocycles. The summed E-state index contributed by atoms with van der Waals surface area (Å²) >= 11 is 0. The minimum Gasteiger partial charge on any atom is -0.379 e. The first-order valence-electron chi connectivity index (χ1n) is 6.83. The van der Waals surface area contributed by atoms with E-state index < -0.39 is 8.80 Å². The van der Waals surface area contributed by atoms with Gasteiger partial charge in [-0.1, -0.05) is 26.4 Å². The molecule has 3 unspecified atom stereocenters. The van der Waals surface area contributed by atoms with Crippen LogP contribution in [-0.2, 0) is 4.74 Å². The third kappa shape index (κ3) is 2.03. The van der Waals surface area contributed by atoms with E-state index in [4.69, 9.17) is 4.74 Å². The second-order valence-electron chi connectivity index (χ2n) is 5.89. The number of unbranched alkanes of at least 4 members (excludes halogenated alkanes) is 1. The van der Waals surface area contributed by atoms with Gasteiger partial charge in [-0.2, -0.15) is 0 Å². The first-order valence-corrected chi connectivity index (χ1v) is 9.71. The van der Waals surface area contributed by atoms with Crippen molar-refractivity contribution in [3.8, 4) is 0 Å².